The van der Waals surface area contributed by atoms with Gasteiger partial charge in [0.25, 0.3) is 0 Å². The van der Waals surface area contributed by atoms with Crippen molar-refractivity contribution in [2.75, 3.05) is 4.90 Å². The minimum atomic E-state index is -4.18. The summed E-state index contributed by atoms with van der Waals surface area (Å²) >= 11 is 0. The van der Waals surface area contributed by atoms with Crippen LogP contribution in [0.15, 0.2) is 82.7 Å². The minimum Gasteiger partial charge on any atom is -0.314 e. The fourth-order valence-corrected chi connectivity index (χ4v) is 4.77. The lowest BCUT2D eigenvalue weighted by Crippen LogP contribution is -2.26. The Morgan fingerprint density at radius 2 is 1.77 bits per heavy atom. The molecule has 0 atom stereocenters. The summed E-state index contributed by atoms with van der Waals surface area (Å²) in [5.41, 5.74) is 2.02. The highest BCUT2D eigenvalue weighted by Crippen LogP contribution is 2.40. The fourth-order valence-electron chi connectivity index (χ4n) is 3.25. The van der Waals surface area contributed by atoms with Gasteiger partial charge in [-0.2, -0.15) is 5.26 Å². The number of sulfone groups is 1. The Hall–Kier alpha value is -3.76. The zero-order valence-electron chi connectivity index (χ0n) is 15.8. The second kappa shape index (κ2) is 7.25. The van der Waals surface area contributed by atoms with Gasteiger partial charge in [-0.15, -0.1) is 0 Å². The normalized spacial score (nSPS) is 14.4. The van der Waals surface area contributed by atoms with Gasteiger partial charge in [0.05, 0.1) is 22.2 Å². The van der Waals surface area contributed by atoms with Gasteiger partial charge in [-0.25, -0.2) is 12.8 Å². The number of ketones is 1. The predicted molar refractivity (Wildman–Crippen MR) is 110 cm³/mol. The van der Waals surface area contributed by atoms with Crippen LogP contribution in [-0.4, -0.2) is 14.2 Å². The molecule has 0 fully saturated rings. The van der Waals surface area contributed by atoms with Gasteiger partial charge in [-0.1, -0.05) is 35.9 Å². The molecule has 3 aromatic rings. The van der Waals surface area contributed by atoms with Crippen LogP contribution in [0, 0.1) is 24.1 Å². The molecule has 30 heavy (non-hydrogen) atoms. The lowest BCUT2D eigenvalue weighted by atomic mass is 10.1. The Morgan fingerprint density at radius 1 is 1.03 bits per heavy atom. The summed E-state index contributed by atoms with van der Waals surface area (Å²) in [5.74, 6) is -1.28. The van der Waals surface area contributed by atoms with Crippen molar-refractivity contribution in [2.24, 2.45) is 0 Å². The first-order chi connectivity index (χ1) is 14.3. The van der Waals surface area contributed by atoms with Crippen LogP contribution in [0.4, 0.5) is 15.8 Å². The van der Waals surface area contributed by atoms with E-state index in [1.165, 1.54) is 17.2 Å². The molecule has 0 aromatic heterocycles. The topological polar surface area (TPSA) is 78.2 Å². The molecule has 0 amide bonds. The number of anilines is 2. The van der Waals surface area contributed by atoms with E-state index < -0.39 is 26.3 Å². The molecule has 0 saturated carbocycles. The maximum Gasteiger partial charge on any atom is 0.214 e. The number of hydrogen-bond acceptors (Lipinski definition) is 5. The number of nitriles is 1. The third-order valence-corrected chi connectivity index (χ3v) is 6.59. The highest BCUT2D eigenvalue weighted by atomic mass is 32.2. The fraction of sp³-hybridized carbons (Fsp3) is 0.0435. The van der Waals surface area contributed by atoms with Crippen molar-refractivity contribution in [3.05, 3.63) is 100 Å². The van der Waals surface area contributed by atoms with Crippen molar-refractivity contribution in [1.29, 1.82) is 5.26 Å². The van der Waals surface area contributed by atoms with Gasteiger partial charge in [-0.3, -0.25) is 4.79 Å². The molecule has 0 radical (unpaired) electrons. The number of carbonyl (C=O) groups excluding carboxylic acids is 1. The van der Waals surface area contributed by atoms with E-state index >= 15 is 0 Å². The minimum absolute atomic E-state index is 0.0746. The SMILES string of the molecule is Cc1ccc(C(=O)C2=CN(c3cccc(C#N)c3)c3cc(F)ccc3S2(=O)=O)cc1. The van der Waals surface area contributed by atoms with Crippen LogP contribution in [0.1, 0.15) is 21.5 Å². The summed E-state index contributed by atoms with van der Waals surface area (Å²) in [5, 5.41) is 9.20. The molecule has 3 aromatic carbocycles. The summed E-state index contributed by atoms with van der Waals surface area (Å²) in [6, 6.07) is 18.3. The van der Waals surface area contributed by atoms with Crippen LogP contribution in [-0.2, 0) is 9.84 Å². The number of nitrogens with zero attached hydrogens (tertiary/aromatic N) is 2. The summed E-state index contributed by atoms with van der Waals surface area (Å²) in [6.07, 6.45) is 1.19. The number of rotatable bonds is 3. The first-order valence-corrected chi connectivity index (χ1v) is 10.5. The van der Waals surface area contributed by atoms with Crippen molar-refractivity contribution < 1.29 is 17.6 Å². The lowest BCUT2D eigenvalue weighted by Gasteiger charge is -2.29. The van der Waals surface area contributed by atoms with Crippen LogP contribution < -0.4 is 4.90 Å². The van der Waals surface area contributed by atoms with E-state index in [1.807, 2.05) is 13.0 Å². The number of benzene rings is 3. The highest BCUT2D eigenvalue weighted by molar-refractivity contribution is 7.96. The van der Waals surface area contributed by atoms with Gasteiger partial charge in [0, 0.05) is 17.5 Å². The summed E-state index contributed by atoms with van der Waals surface area (Å²) in [7, 11) is -4.18. The van der Waals surface area contributed by atoms with Crippen molar-refractivity contribution in [1.82, 2.24) is 0 Å². The van der Waals surface area contributed by atoms with Gasteiger partial charge in [0.15, 0.2) is 0 Å². The number of Topliss-reactive ketones (excluding diaryl/α,β-unsaturated/α-hetero) is 1. The first-order valence-electron chi connectivity index (χ1n) is 8.98. The molecule has 4 rings (SSSR count). The van der Waals surface area contributed by atoms with E-state index in [1.54, 1.807) is 42.5 Å². The highest BCUT2D eigenvalue weighted by Gasteiger charge is 2.36. The molecule has 0 bridgehead atoms. The van der Waals surface area contributed by atoms with Gasteiger partial charge in [0.1, 0.15) is 10.7 Å². The Kier molecular flexibility index (Phi) is 4.72. The number of aryl methyl sites for hydroxylation is 1. The molecule has 1 aliphatic heterocycles. The molecular formula is C23H15FN2O3S. The number of carbonyl (C=O) groups is 1. The predicted octanol–water partition coefficient (Wildman–Crippen LogP) is 4.66. The Balaban J connectivity index is 1.95. The van der Waals surface area contributed by atoms with Crippen molar-refractivity contribution in [3.8, 4) is 6.07 Å². The van der Waals surface area contributed by atoms with E-state index in [4.69, 9.17) is 0 Å². The zero-order chi connectivity index (χ0) is 21.5. The molecule has 1 aliphatic rings. The van der Waals surface area contributed by atoms with Crippen molar-refractivity contribution in [2.45, 2.75) is 11.8 Å². The molecule has 5 nitrogen and oxygen atoms in total. The number of halogens is 1. The molecule has 0 N–H and O–H groups in total. The second-order valence-corrected chi connectivity index (χ2v) is 8.72. The molecule has 0 aliphatic carbocycles. The molecule has 1 heterocycles. The molecule has 7 heteroatoms. The Labute approximate surface area is 173 Å². The number of fused-ring (bicyclic) bond motifs is 1. The zero-order valence-corrected chi connectivity index (χ0v) is 16.7. The molecule has 0 spiro atoms. The van der Waals surface area contributed by atoms with E-state index in [0.717, 1.165) is 23.8 Å². The maximum absolute atomic E-state index is 14.0. The van der Waals surface area contributed by atoms with Crippen LogP contribution in [0.25, 0.3) is 0 Å². The third-order valence-electron chi connectivity index (χ3n) is 4.80. The summed E-state index contributed by atoms with van der Waals surface area (Å²) in [6.45, 7) is 1.86. The van der Waals surface area contributed by atoms with Crippen LogP contribution in [0.2, 0.25) is 0 Å². The maximum atomic E-state index is 14.0. The van der Waals surface area contributed by atoms with Crippen LogP contribution >= 0.6 is 0 Å². The van der Waals surface area contributed by atoms with E-state index in [2.05, 4.69) is 0 Å². The molecule has 0 saturated heterocycles. The molecular weight excluding hydrogens is 403 g/mol. The number of allylic oxidation sites excluding steroid dienone is 1. The van der Waals surface area contributed by atoms with Crippen molar-refractivity contribution >= 4 is 27.0 Å². The lowest BCUT2D eigenvalue weighted by molar-refractivity contribution is 0.104. The molecule has 0 unspecified atom stereocenters. The monoisotopic (exact) mass is 418 g/mol. The van der Waals surface area contributed by atoms with Crippen molar-refractivity contribution in [3.63, 3.8) is 0 Å². The van der Waals surface area contributed by atoms with Gasteiger partial charge in [0.2, 0.25) is 15.6 Å². The first kappa shape index (κ1) is 19.6. The van der Waals surface area contributed by atoms with E-state index in [-0.39, 0.29) is 16.1 Å². The smallest absolute Gasteiger partial charge is 0.214 e. The van der Waals surface area contributed by atoms with Gasteiger partial charge in [-0.05, 0) is 43.3 Å². The average molecular weight is 418 g/mol. The van der Waals surface area contributed by atoms with Gasteiger partial charge < -0.3 is 4.90 Å². The second-order valence-electron chi connectivity index (χ2n) is 6.84. The standard InChI is InChI=1S/C23H15FN2O3S/c1-15-5-7-17(8-6-15)23(27)22-14-26(19-4-2-3-16(11-19)13-25)20-12-18(24)9-10-21(20)30(22,28)29/h2-12,14H,1H3. The third kappa shape index (κ3) is 3.27. The molecule has 148 valence electrons. The number of hydrogen-bond donors (Lipinski definition) is 0. The van der Waals surface area contributed by atoms with Crippen LogP contribution in [0.5, 0.6) is 0 Å². The average Bonchev–Trinajstić information content (AvgIpc) is 2.73. The quantitative estimate of drug-likeness (QED) is 0.457. The summed E-state index contributed by atoms with van der Waals surface area (Å²) < 4.78 is 40.4. The van der Waals surface area contributed by atoms with Gasteiger partial charge >= 0.3 is 0 Å². The van der Waals surface area contributed by atoms with E-state index in [0.29, 0.717) is 11.3 Å². The largest absolute Gasteiger partial charge is 0.314 e. The Morgan fingerprint density at radius 3 is 2.47 bits per heavy atom. The van der Waals surface area contributed by atoms with E-state index in [9.17, 15) is 22.9 Å². The Bertz CT molecular complexity index is 1350. The van der Waals surface area contributed by atoms with Crippen LogP contribution in [0.3, 0.4) is 0 Å². The summed E-state index contributed by atoms with van der Waals surface area (Å²) in [4.78, 5) is 13.9.